The molecule has 0 spiro atoms. The molecule has 0 aromatic heterocycles. The van der Waals surface area contributed by atoms with Gasteiger partial charge in [-0.2, -0.15) is 0 Å². The van der Waals surface area contributed by atoms with Crippen LogP contribution in [-0.4, -0.2) is 11.9 Å². The third-order valence-corrected chi connectivity index (χ3v) is 6.00. The van der Waals surface area contributed by atoms with Gasteiger partial charge in [-0.05, 0) is 60.3 Å². The zero-order chi connectivity index (χ0) is 15.8. The molecule has 4 atom stereocenters. The van der Waals surface area contributed by atoms with E-state index in [1.165, 1.54) is 36.5 Å². The van der Waals surface area contributed by atoms with E-state index in [0.29, 0.717) is 18.4 Å². The molecule has 2 fully saturated rings. The molecule has 0 unspecified atom stereocenters. The van der Waals surface area contributed by atoms with Crippen molar-refractivity contribution in [3.8, 4) is 0 Å². The van der Waals surface area contributed by atoms with Crippen molar-refractivity contribution in [3.63, 3.8) is 0 Å². The van der Waals surface area contributed by atoms with Crippen molar-refractivity contribution in [2.75, 3.05) is 0 Å². The van der Waals surface area contributed by atoms with Gasteiger partial charge in [0.15, 0.2) is 0 Å². The van der Waals surface area contributed by atoms with Gasteiger partial charge < -0.3 is 5.32 Å². The van der Waals surface area contributed by atoms with Crippen molar-refractivity contribution < 1.29 is 4.79 Å². The SMILES string of the molecule is C[C@H](NC(=O)Cc1ccc2ccccc2c1)[C@@H]1C[C@@H]2CC[C@@H]1C2. The van der Waals surface area contributed by atoms with Crippen LogP contribution in [0.15, 0.2) is 42.5 Å². The maximum atomic E-state index is 12.4. The summed E-state index contributed by atoms with van der Waals surface area (Å²) in [6.07, 6.45) is 5.99. The van der Waals surface area contributed by atoms with Gasteiger partial charge in [-0.25, -0.2) is 0 Å². The minimum absolute atomic E-state index is 0.163. The lowest BCUT2D eigenvalue weighted by molar-refractivity contribution is -0.121. The minimum Gasteiger partial charge on any atom is -0.353 e. The molecule has 2 aliphatic carbocycles. The second kappa shape index (κ2) is 5.99. The van der Waals surface area contributed by atoms with Crippen LogP contribution >= 0.6 is 0 Å². The van der Waals surface area contributed by atoms with Crippen molar-refractivity contribution in [1.29, 1.82) is 0 Å². The Morgan fingerprint density at radius 1 is 1.13 bits per heavy atom. The Hall–Kier alpha value is -1.83. The van der Waals surface area contributed by atoms with Gasteiger partial charge in [-0.1, -0.05) is 48.9 Å². The summed E-state index contributed by atoms with van der Waals surface area (Å²) >= 11 is 0. The highest BCUT2D eigenvalue weighted by molar-refractivity contribution is 5.85. The molecule has 1 N–H and O–H groups in total. The van der Waals surface area contributed by atoms with Crippen LogP contribution in [0.25, 0.3) is 10.8 Å². The van der Waals surface area contributed by atoms with Crippen molar-refractivity contribution in [1.82, 2.24) is 5.32 Å². The number of hydrogen-bond donors (Lipinski definition) is 1. The van der Waals surface area contributed by atoms with Crippen LogP contribution in [0.3, 0.4) is 0 Å². The van der Waals surface area contributed by atoms with E-state index < -0.39 is 0 Å². The molecule has 0 saturated heterocycles. The Bertz CT molecular complexity index is 723. The number of rotatable bonds is 4. The molecule has 2 saturated carbocycles. The lowest BCUT2D eigenvalue weighted by Crippen LogP contribution is -2.40. The second-order valence-corrected chi connectivity index (χ2v) is 7.55. The van der Waals surface area contributed by atoms with Crippen LogP contribution in [0.5, 0.6) is 0 Å². The minimum atomic E-state index is 0.163. The van der Waals surface area contributed by atoms with E-state index >= 15 is 0 Å². The van der Waals surface area contributed by atoms with Crippen LogP contribution < -0.4 is 5.32 Å². The number of carbonyl (C=O) groups is 1. The zero-order valence-electron chi connectivity index (χ0n) is 13.8. The topological polar surface area (TPSA) is 29.1 Å². The molecule has 0 heterocycles. The van der Waals surface area contributed by atoms with E-state index in [0.717, 1.165) is 17.4 Å². The maximum Gasteiger partial charge on any atom is 0.224 e. The first-order chi connectivity index (χ1) is 11.2. The summed E-state index contributed by atoms with van der Waals surface area (Å²) in [5.41, 5.74) is 1.10. The normalized spacial score (nSPS) is 27.3. The molecule has 2 aromatic carbocycles. The molecule has 23 heavy (non-hydrogen) atoms. The Morgan fingerprint density at radius 3 is 2.70 bits per heavy atom. The van der Waals surface area contributed by atoms with Crippen molar-refractivity contribution >= 4 is 16.7 Å². The highest BCUT2D eigenvalue weighted by Crippen LogP contribution is 2.49. The van der Waals surface area contributed by atoms with Crippen molar-refractivity contribution in [2.24, 2.45) is 17.8 Å². The highest BCUT2D eigenvalue weighted by atomic mass is 16.1. The van der Waals surface area contributed by atoms with Crippen LogP contribution in [0.4, 0.5) is 0 Å². The number of carbonyl (C=O) groups excluding carboxylic acids is 1. The van der Waals surface area contributed by atoms with Gasteiger partial charge in [0.2, 0.25) is 5.91 Å². The third kappa shape index (κ3) is 2.99. The van der Waals surface area contributed by atoms with Gasteiger partial charge in [0.05, 0.1) is 6.42 Å². The molecule has 2 heteroatoms. The van der Waals surface area contributed by atoms with E-state index in [-0.39, 0.29) is 5.91 Å². The van der Waals surface area contributed by atoms with Gasteiger partial charge in [0.1, 0.15) is 0 Å². The fourth-order valence-corrected chi connectivity index (χ4v) is 4.85. The molecular formula is C21H25NO. The second-order valence-electron chi connectivity index (χ2n) is 7.55. The Kier molecular flexibility index (Phi) is 3.84. The Labute approximate surface area is 138 Å². The van der Waals surface area contributed by atoms with Crippen LogP contribution in [0, 0.1) is 17.8 Å². The number of hydrogen-bond acceptors (Lipinski definition) is 1. The quantitative estimate of drug-likeness (QED) is 0.895. The average molecular weight is 307 g/mol. The number of nitrogens with one attached hydrogen (secondary N) is 1. The van der Waals surface area contributed by atoms with Crippen molar-refractivity contribution in [3.05, 3.63) is 48.0 Å². The summed E-state index contributed by atoms with van der Waals surface area (Å²) < 4.78 is 0. The maximum absolute atomic E-state index is 12.4. The standard InChI is InChI=1S/C21H25NO/c1-14(20-12-15-7-9-19(20)11-15)22-21(23)13-16-6-8-17-4-2-3-5-18(17)10-16/h2-6,8,10,14-15,19-20H,7,9,11-13H2,1H3,(H,22,23)/t14-,15+,19+,20-/m0/s1. The monoisotopic (exact) mass is 307 g/mol. The van der Waals surface area contributed by atoms with Gasteiger partial charge in [0.25, 0.3) is 0 Å². The predicted octanol–water partition coefficient (Wildman–Crippen LogP) is 4.32. The molecule has 2 aliphatic rings. The molecular weight excluding hydrogens is 282 g/mol. The Morgan fingerprint density at radius 2 is 1.96 bits per heavy atom. The zero-order valence-corrected chi connectivity index (χ0v) is 13.8. The van der Waals surface area contributed by atoms with Gasteiger partial charge >= 0.3 is 0 Å². The summed E-state index contributed by atoms with van der Waals surface area (Å²) in [5, 5.41) is 5.70. The third-order valence-electron chi connectivity index (χ3n) is 6.00. The fraction of sp³-hybridized carbons (Fsp3) is 0.476. The summed E-state index contributed by atoms with van der Waals surface area (Å²) in [7, 11) is 0. The molecule has 2 bridgehead atoms. The highest BCUT2D eigenvalue weighted by Gasteiger charge is 2.42. The predicted molar refractivity (Wildman–Crippen MR) is 94.2 cm³/mol. The smallest absolute Gasteiger partial charge is 0.224 e. The van der Waals surface area contributed by atoms with Crippen molar-refractivity contribution in [2.45, 2.75) is 45.1 Å². The fourth-order valence-electron chi connectivity index (χ4n) is 4.85. The number of benzene rings is 2. The molecule has 0 radical (unpaired) electrons. The van der Waals surface area contributed by atoms with Crippen LogP contribution in [0.1, 0.15) is 38.2 Å². The molecule has 2 nitrogen and oxygen atoms in total. The van der Waals surface area contributed by atoms with Crippen LogP contribution in [0.2, 0.25) is 0 Å². The Balaban J connectivity index is 1.39. The van der Waals surface area contributed by atoms with E-state index in [9.17, 15) is 4.79 Å². The molecule has 2 aromatic rings. The van der Waals surface area contributed by atoms with E-state index in [2.05, 4.69) is 42.6 Å². The van der Waals surface area contributed by atoms with E-state index in [1.54, 1.807) is 0 Å². The first kappa shape index (κ1) is 14.7. The number of fused-ring (bicyclic) bond motifs is 3. The molecule has 0 aliphatic heterocycles. The van der Waals surface area contributed by atoms with E-state index in [1.807, 2.05) is 12.1 Å². The van der Waals surface area contributed by atoms with Gasteiger partial charge in [0, 0.05) is 6.04 Å². The van der Waals surface area contributed by atoms with Crippen LogP contribution in [-0.2, 0) is 11.2 Å². The lowest BCUT2D eigenvalue weighted by Gasteiger charge is -2.28. The molecule has 1 amide bonds. The average Bonchev–Trinajstić information content (AvgIpc) is 3.17. The summed E-state index contributed by atoms with van der Waals surface area (Å²) in [6, 6.07) is 14.9. The number of amides is 1. The van der Waals surface area contributed by atoms with Gasteiger partial charge in [-0.3, -0.25) is 4.79 Å². The molecule has 4 rings (SSSR count). The lowest BCUT2D eigenvalue weighted by atomic mass is 9.84. The first-order valence-electron chi connectivity index (χ1n) is 8.96. The van der Waals surface area contributed by atoms with Gasteiger partial charge in [-0.15, -0.1) is 0 Å². The van der Waals surface area contributed by atoms with E-state index in [4.69, 9.17) is 0 Å². The summed E-state index contributed by atoms with van der Waals surface area (Å²) in [4.78, 5) is 12.4. The molecule has 120 valence electrons. The summed E-state index contributed by atoms with van der Waals surface area (Å²) in [6.45, 7) is 2.20. The largest absolute Gasteiger partial charge is 0.353 e. The first-order valence-corrected chi connectivity index (χ1v) is 8.96. The summed E-state index contributed by atoms with van der Waals surface area (Å²) in [5.74, 6) is 2.66.